The van der Waals surface area contributed by atoms with Crippen LogP contribution in [0.1, 0.15) is 32.3 Å². The summed E-state index contributed by atoms with van der Waals surface area (Å²) in [5.41, 5.74) is -0.754. The third-order valence-corrected chi connectivity index (χ3v) is 3.59. The topological polar surface area (TPSA) is 58.6 Å². The number of aliphatic carboxylic acids is 1. The second kappa shape index (κ2) is 8.76. The number of nitrogens with one attached hydrogen (secondary N) is 1. The van der Waals surface area contributed by atoms with Gasteiger partial charge in [0.15, 0.2) is 0 Å². The smallest absolute Gasteiger partial charge is 0.416 e. The summed E-state index contributed by atoms with van der Waals surface area (Å²) >= 11 is 0. The summed E-state index contributed by atoms with van der Waals surface area (Å²) < 4.78 is 43.0. The molecule has 0 aliphatic carbocycles. The average Bonchev–Trinajstić information content (AvgIpc) is 2.49. The van der Waals surface area contributed by atoms with Crippen LogP contribution in [0.15, 0.2) is 24.3 Å². The van der Waals surface area contributed by atoms with E-state index in [1.54, 1.807) is 0 Å². The Balaban J connectivity index is 2.39. The zero-order valence-electron chi connectivity index (χ0n) is 13.2. The number of carbonyl (C=O) groups is 1. The van der Waals surface area contributed by atoms with Crippen molar-refractivity contribution in [3.05, 3.63) is 29.8 Å². The first-order valence-electron chi connectivity index (χ1n) is 7.52. The number of benzene rings is 1. The van der Waals surface area contributed by atoms with Gasteiger partial charge in [-0.05, 0) is 37.1 Å². The molecule has 0 bridgehead atoms. The molecule has 2 N–H and O–H groups in total. The number of ether oxygens (including phenoxy) is 1. The van der Waals surface area contributed by atoms with E-state index in [2.05, 4.69) is 5.32 Å². The van der Waals surface area contributed by atoms with Crippen LogP contribution in [0.2, 0.25) is 0 Å². The Hall–Kier alpha value is -1.76. The van der Waals surface area contributed by atoms with Gasteiger partial charge in [-0.1, -0.05) is 26.3 Å². The van der Waals surface area contributed by atoms with Gasteiger partial charge in [-0.15, -0.1) is 0 Å². The maximum Gasteiger partial charge on any atom is 0.416 e. The SMILES string of the molecule is CC[C@H](C)[C@H](NCCCOc1cccc(C(F)(F)F)c1)C(=O)O. The van der Waals surface area contributed by atoms with Crippen molar-refractivity contribution < 1.29 is 27.8 Å². The van der Waals surface area contributed by atoms with E-state index in [-0.39, 0.29) is 18.3 Å². The second-order valence-electron chi connectivity index (χ2n) is 5.38. The fraction of sp³-hybridized carbons (Fsp3) is 0.562. The number of carboxylic acids is 1. The Morgan fingerprint density at radius 2 is 2.09 bits per heavy atom. The van der Waals surface area contributed by atoms with E-state index >= 15 is 0 Å². The summed E-state index contributed by atoms with van der Waals surface area (Å²) in [7, 11) is 0. The van der Waals surface area contributed by atoms with Crippen LogP contribution in [-0.2, 0) is 11.0 Å². The summed E-state index contributed by atoms with van der Waals surface area (Å²) in [6.07, 6.45) is -3.16. The predicted octanol–water partition coefficient (Wildman–Crippen LogP) is 3.56. The molecule has 1 aromatic rings. The second-order valence-corrected chi connectivity index (χ2v) is 5.38. The molecule has 1 aromatic carbocycles. The summed E-state index contributed by atoms with van der Waals surface area (Å²) in [6, 6.07) is 4.06. The highest BCUT2D eigenvalue weighted by molar-refractivity contribution is 5.73. The quantitative estimate of drug-likeness (QED) is 0.679. The van der Waals surface area contributed by atoms with Crippen molar-refractivity contribution in [2.24, 2.45) is 5.92 Å². The lowest BCUT2D eigenvalue weighted by atomic mass is 9.99. The van der Waals surface area contributed by atoms with Crippen LogP contribution in [0, 0.1) is 5.92 Å². The van der Waals surface area contributed by atoms with Gasteiger partial charge in [0, 0.05) is 0 Å². The Bertz CT molecular complexity index is 506. The molecule has 0 amide bonds. The number of rotatable bonds is 9. The van der Waals surface area contributed by atoms with Crippen LogP contribution in [0.3, 0.4) is 0 Å². The Morgan fingerprint density at radius 1 is 1.39 bits per heavy atom. The number of carboxylic acid groups (broad SMARTS) is 1. The van der Waals surface area contributed by atoms with Gasteiger partial charge in [-0.25, -0.2) is 0 Å². The molecule has 0 saturated carbocycles. The van der Waals surface area contributed by atoms with E-state index in [0.717, 1.165) is 18.6 Å². The highest BCUT2D eigenvalue weighted by atomic mass is 19.4. The van der Waals surface area contributed by atoms with E-state index in [1.165, 1.54) is 12.1 Å². The van der Waals surface area contributed by atoms with Crippen LogP contribution in [-0.4, -0.2) is 30.3 Å². The number of alkyl halides is 3. The van der Waals surface area contributed by atoms with E-state index in [9.17, 15) is 18.0 Å². The highest BCUT2D eigenvalue weighted by Gasteiger charge is 2.30. The molecular formula is C16H22F3NO3. The first kappa shape index (κ1) is 19.3. The van der Waals surface area contributed by atoms with Gasteiger partial charge in [0.1, 0.15) is 11.8 Å². The zero-order chi connectivity index (χ0) is 17.5. The molecule has 2 atom stereocenters. The van der Waals surface area contributed by atoms with Crippen LogP contribution in [0.25, 0.3) is 0 Å². The summed E-state index contributed by atoms with van der Waals surface area (Å²) in [4.78, 5) is 11.1. The van der Waals surface area contributed by atoms with E-state index in [4.69, 9.17) is 9.84 Å². The lowest BCUT2D eigenvalue weighted by Gasteiger charge is -2.20. The third kappa shape index (κ3) is 6.48. The number of halogens is 3. The van der Waals surface area contributed by atoms with Crippen molar-refractivity contribution >= 4 is 5.97 Å². The van der Waals surface area contributed by atoms with Crippen LogP contribution < -0.4 is 10.1 Å². The van der Waals surface area contributed by atoms with Crippen molar-refractivity contribution in [1.29, 1.82) is 0 Å². The fourth-order valence-corrected chi connectivity index (χ4v) is 2.05. The van der Waals surface area contributed by atoms with Crippen LogP contribution >= 0.6 is 0 Å². The van der Waals surface area contributed by atoms with Crippen LogP contribution in [0.4, 0.5) is 13.2 Å². The molecule has 1 rings (SSSR count). The predicted molar refractivity (Wildman–Crippen MR) is 80.4 cm³/mol. The van der Waals surface area contributed by atoms with Crippen LogP contribution in [0.5, 0.6) is 5.75 Å². The molecule has 130 valence electrons. The molecule has 0 heterocycles. The molecule has 23 heavy (non-hydrogen) atoms. The number of hydrogen-bond acceptors (Lipinski definition) is 3. The number of hydrogen-bond donors (Lipinski definition) is 2. The first-order valence-corrected chi connectivity index (χ1v) is 7.52. The highest BCUT2D eigenvalue weighted by Crippen LogP contribution is 2.31. The largest absolute Gasteiger partial charge is 0.494 e. The van der Waals surface area contributed by atoms with Gasteiger partial charge in [0.25, 0.3) is 0 Å². The molecule has 0 aliphatic heterocycles. The van der Waals surface area contributed by atoms with Gasteiger partial charge >= 0.3 is 12.1 Å². The normalized spacial score (nSPS) is 14.3. The molecule has 0 aliphatic rings. The Labute approximate surface area is 133 Å². The van der Waals surface area contributed by atoms with Gasteiger partial charge in [-0.3, -0.25) is 4.79 Å². The summed E-state index contributed by atoms with van der Waals surface area (Å²) in [5.74, 6) is -0.758. The molecule has 0 radical (unpaired) electrons. The van der Waals surface area contributed by atoms with E-state index in [1.807, 2.05) is 13.8 Å². The lowest BCUT2D eigenvalue weighted by Crippen LogP contribution is -2.42. The van der Waals surface area contributed by atoms with Crippen molar-refractivity contribution in [1.82, 2.24) is 5.32 Å². The van der Waals surface area contributed by atoms with E-state index < -0.39 is 23.8 Å². The first-order chi connectivity index (χ1) is 10.8. The van der Waals surface area contributed by atoms with Crippen molar-refractivity contribution in [3.8, 4) is 5.75 Å². The minimum atomic E-state index is -4.40. The average molecular weight is 333 g/mol. The molecule has 4 nitrogen and oxygen atoms in total. The van der Waals surface area contributed by atoms with Gasteiger partial charge < -0.3 is 15.2 Å². The van der Waals surface area contributed by atoms with Crippen molar-refractivity contribution in [3.63, 3.8) is 0 Å². The van der Waals surface area contributed by atoms with Gasteiger partial charge in [0.05, 0.1) is 12.2 Å². The summed E-state index contributed by atoms with van der Waals surface area (Å²) in [5, 5.41) is 12.0. The van der Waals surface area contributed by atoms with Crippen molar-refractivity contribution in [2.75, 3.05) is 13.2 Å². The molecule has 0 aromatic heterocycles. The lowest BCUT2D eigenvalue weighted by molar-refractivity contribution is -0.141. The standard InChI is InChI=1S/C16H22F3NO3/c1-3-11(2)14(15(21)22)20-8-5-9-23-13-7-4-6-12(10-13)16(17,18)19/h4,6-7,10-11,14,20H,3,5,8-9H2,1-2H3,(H,21,22)/t11-,14-/m0/s1. The zero-order valence-corrected chi connectivity index (χ0v) is 13.2. The van der Waals surface area contributed by atoms with Crippen molar-refractivity contribution in [2.45, 2.75) is 38.9 Å². The Morgan fingerprint density at radius 3 is 2.65 bits per heavy atom. The maximum atomic E-state index is 12.6. The van der Waals surface area contributed by atoms with Gasteiger partial charge in [0.2, 0.25) is 0 Å². The Kier molecular flexibility index (Phi) is 7.35. The van der Waals surface area contributed by atoms with E-state index in [0.29, 0.717) is 13.0 Å². The monoisotopic (exact) mass is 333 g/mol. The van der Waals surface area contributed by atoms with Gasteiger partial charge in [-0.2, -0.15) is 13.2 Å². The molecule has 0 fully saturated rings. The minimum Gasteiger partial charge on any atom is -0.494 e. The maximum absolute atomic E-state index is 12.6. The summed E-state index contributed by atoms with van der Waals surface area (Å²) in [6.45, 7) is 4.39. The molecule has 0 spiro atoms. The molecule has 0 unspecified atom stereocenters. The third-order valence-electron chi connectivity index (χ3n) is 3.59. The molecule has 7 heteroatoms. The molecule has 0 saturated heterocycles. The minimum absolute atomic E-state index is 0.00288. The fourth-order valence-electron chi connectivity index (χ4n) is 2.05. The molecular weight excluding hydrogens is 311 g/mol.